The number of nitrogens with one attached hydrogen (secondary N) is 1. The number of carbonyl (C=O) groups excluding carboxylic acids is 1. The van der Waals surface area contributed by atoms with Gasteiger partial charge in [-0.25, -0.2) is 8.42 Å². The lowest BCUT2D eigenvalue weighted by Crippen LogP contribution is -2.34. The van der Waals surface area contributed by atoms with E-state index in [-0.39, 0.29) is 10.6 Å². The molecule has 3 rings (SSSR count). The highest BCUT2D eigenvalue weighted by Gasteiger charge is 2.36. The summed E-state index contributed by atoms with van der Waals surface area (Å²) in [5.41, 5.74) is 2.56. The van der Waals surface area contributed by atoms with E-state index >= 15 is 0 Å². The number of benzene rings is 1. The standard InChI is InChI=1S/C20H29N3O4S/c1-3-5-11-23(12-6-4-2)28(26,27)17-13-16-18(21-20(24)19(16)22-25)15-10-8-7-9-14(15)17/h13,25H,3-12H2,1-2H3,(H,21,22,24). The van der Waals surface area contributed by atoms with E-state index in [9.17, 15) is 18.4 Å². The Hall–Kier alpha value is -1.93. The molecule has 0 radical (unpaired) electrons. The first-order valence-electron chi connectivity index (χ1n) is 10.2. The van der Waals surface area contributed by atoms with E-state index in [1.807, 2.05) is 13.8 Å². The molecule has 0 spiro atoms. The van der Waals surface area contributed by atoms with Gasteiger partial charge in [0, 0.05) is 18.7 Å². The lowest BCUT2D eigenvalue weighted by atomic mass is 9.88. The fourth-order valence-electron chi connectivity index (χ4n) is 4.02. The monoisotopic (exact) mass is 407 g/mol. The summed E-state index contributed by atoms with van der Waals surface area (Å²) >= 11 is 0. The number of nitrogens with zero attached hydrogens (tertiary/aromatic N) is 2. The summed E-state index contributed by atoms with van der Waals surface area (Å²) in [6.45, 7) is 5.07. The van der Waals surface area contributed by atoms with Crippen LogP contribution in [0.5, 0.6) is 0 Å². The van der Waals surface area contributed by atoms with Crippen LogP contribution in [0, 0.1) is 0 Å². The first-order valence-corrected chi connectivity index (χ1v) is 11.6. The average molecular weight is 408 g/mol. The van der Waals surface area contributed by atoms with Gasteiger partial charge in [0.15, 0.2) is 5.71 Å². The van der Waals surface area contributed by atoms with Crippen LogP contribution in [0.2, 0.25) is 0 Å². The molecule has 1 heterocycles. The second kappa shape index (κ2) is 8.61. The number of carbonyl (C=O) groups is 1. The van der Waals surface area contributed by atoms with E-state index in [1.54, 1.807) is 4.31 Å². The Bertz CT molecular complexity index is 885. The Morgan fingerprint density at radius 1 is 1.11 bits per heavy atom. The number of amides is 1. The third-order valence-electron chi connectivity index (χ3n) is 5.56. The predicted octanol–water partition coefficient (Wildman–Crippen LogP) is 3.29. The smallest absolute Gasteiger partial charge is 0.278 e. The molecule has 154 valence electrons. The summed E-state index contributed by atoms with van der Waals surface area (Å²) in [6.07, 6.45) is 6.70. The van der Waals surface area contributed by atoms with E-state index < -0.39 is 15.9 Å². The minimum Gasteiger partial charge on any atom is -0.410 e. The number of sulfonamides is 1. The summed E-state index contributed by atoms with van der Waals surface area (Å²) in [6, 6.07) is 1.53. The predicted molar refractivity (Wildman–Crippen MR) is 109 cm³/mol. The van der Waals surface area contributed by atoms with Gasteiger partial charge in [0.25, 0.3) is 5.91 Å². The molecule has 8 heteroatoms. The summed E-state index contributed by atoms with van der Waals surface area (Å²) in [5, 5.41) is 15.2. The molecule has 0 atom stereocenters. The van der Waals surface area contributed by atoms with Crippen molar-refractivity contribution in [2.24, 2.45) is 5.16 Å². The molecule has 0 aromatic heterocycles. The molecule has 2 N–H and O–H groups in total. The number of rotatable bonds is 8. The maximum atomic E-state index is 13.6. The van der Waals surface area contributed by atoms with Gasteiger partial charge in [-0.3, -0.25) is 4.79 Å². The molecule has 0 unspecified atom stereocenters. The molecule has 1 aromatic rings. The molecule has 28 heavy (non-hydrogen) atoms. The van der Waals surface area contributed by atoms with Crippen LogP contribution in [0.3, 0.4) is 0 Å². The zero-order chi connectivity index (χ0) is 20.3. The van der Waals surface area contributed by atoms with Crippen molar-refractivity contribution < 1.29 is 18.4 Å². The average Bonchev–Trinajstić information content (AvgIpc) is 3.02. The van der Waals surface area contributed by atoms with Gasteiger partial charge in [0.05, 0.1) is 10.6 Å². The van der Waals surface area contributed by atoms with E-state index in [1.165, 1.54) is 6.07 Å². The topological polar surface area (TPSA) is 99.1 Å². The molecule has 0 saturated heterocycles. The number of oxime groups is 1. The van der Waals surface area contributed by atoms with Crippen LogP contribution < -0.4 is 5.32 Å². The number of hydrogen-bond acceptors (Lipinski definition) is 5. The normalized spacial score (nSPS) is 17.7. The van der Waals surface area contributed by atoms with E-state index in [0.29, 0.717) is 37.2 Å². The molecular weight excluding hydrogens is 378 g/mol. The second-order valence-electron chi connectivity index (χ2n) is 7.48. The molecule has 2 aliphatic rings. The Morgan fingerprint density at radius 3 is 2.29 bits per heavy atom. The van der Waals surface area contributed by atoms with E-state index in [0.717, 1.165) is 49.7 Å². The van der Waals surface area contributed by atoms with Gasteiger partial charge < -0.3 is 10.5 Å². The number of hydrogen-bond donors (Lipinski definition) is 2. The molecule has 7 nitrogen and oxygen atoms in total. The van der Waals surface area contributed by atoms with Crippen LogP contribution in [-0.4, -0.2) is 42.6 Å². The van der Waals surface area contributed by atoms with E-state index in [2.05, 4.69) is 10.5 Å². The van der Waals surface area contributed by atoms with Gasteiger partial charge in [0.2, 0.25) is 10.0 Å². The molecule has 0 fully saturated rings. The third-order valence-corrected chi connectivity index (χ3v) is 7.53. The second-order valence-corrected chi connectivity index (χ2v) is 9.38. The third kappa shape index (κ3) is 3.67. The molecule has 1 aliphatic heterocycles. The Morgan fingerprint density at radius 2 is 1.71 bits per heavy atom. The molecule has 1 amide bonds. The van der Waals surface area contributed by atoms with Crippen molar-refractivity contribution in [2.45, 2.75) is 70.1 Å². The van der Waals surface area contributed by atoms with Gasteiger partial charge in [0.1, 0.15) is 0 Å². The Labute approximate surface area is 166 Å². The van der Waals surface area contributed by atoms with Crippen LogP contribution >= 0.6 is 0 Å². The molecular formula is C20H29N3O4S. The quantitative estimate of drug-likeness (QED) is 0.510. The minimum absolute atomic E-state index is 0.117. The number of fused-ring (bicyclic) bond motifs is 3. The molecule has 1 aliphatic carbocycles. The Balaban J connectivity index is 2.15. The maximum Gasteiger partial charge on any atom is 0.278 e. The molecule has 0 bridgehead atoms. The van der Waals surface area contributed by atoms with Crippen molar-refractivity contribution in [3.8, 4) is 0 Å². The van der Waals surface area contributed by atoms with Gasteiger partial charge >= 0.3 is 0 Å². The van der Waals surface area contributed by atoms with Crippen LogP contribution in [0.25, 0.3) is 0 Å². The van der Waals surface area contributed by atoms with Crippen molar-refractivity contribution in [3.63, 3.8) is 0 Å². The largest absolute Gasteiger partial charge is 0.410 e. The summed E-state index contributed by atoms with van der Waals surface area (Å²) in [7, 11) is -3.70. The van der Waals surface area contributed by atoms with Crippen molar-refractivity contribution >= 4 is 27.3 Å². The van der Waals surface area contributed by atoms with Gasteiger partial charge in [-0.05, 0) is 55.7 Å². The van der Waals surface area contributed by atoms with Gasteiger partial charge in [-0.1, -0.05) is 31.8 Å². The van der Waals surface area contributed by atoms with Crippen LogP contribution in [0.15, 0.2) is 16.1 Å². The Kier molecular flexibility index (Phi) is 6.40. The molecule has 0 saturated carbocycles. The summed E-state index contributed by atoms with van der Waals surface area (Å²) in [4.78, 5) is 12.4. The van der Waals surface area contributed by atoms with Crippen molar-refractivity contribution in [2.75, 3.05) is 18.4 Å². The summed E-state index contributed by atoms with van der Waals surface area (Å²) < 4.78 is 28.8. The van der Waals surface area contributed by atoms with E-state index in [4.69, 9.17) is 0 Å². The van der Waals surface area contributed by atoms with Crippen LogP contribution in [0.1, 0.15) is 69.1 Å². The maximum absolute atomic E-state index is 13.6. The van der Waals surface area contributed by atoms with Gasteiger partial charge in [-0.2, -0.15) is 4.31 Å². The fraction of sp³-hybridized carbons (Fsp3) is 0.600. The first-order chi connectivity index (χ1) is 13.5. The first kappa shape index (κ1) is 20.8. The van der Waals surface area contributed by atoms with Gasteiger partial charge in [-0.15, -0.1) is 0 Å². The van der Waals surface area contributed by atoms with Crippen molar-refractivity contribution in [1.29, 1.82) is 0 Å². The highest BCUT2D eigenvalue weighted by molar-refractivity contribution is 7.89. The lowest BCUT2D eigenvalue weighted by Gasteiger charge is -2.27. The fourth-order valence-corrected chi connectivity index (χ4v) is 5.84. The van der Waals surface area contributed by atoms with Crippen molar-refractivity contribution in [3.05, 3.63) is 22.8 Å². The van der Waals surface area contributed by atoms with Crippen molar-refractivity contribution in [1.82, 2.24) is 4.31 Å². The zero-order valence-corrected chi connectivity index (χ0v) is 17.4. The van der Waals surface area contributed by atoms with Crippen LogP contribution in [-0.2, 0) is 27.7 Å². The highest BCUT2D eigenvalue weighted by atomic mass is 32.2. The number of unbranched alkanes of at least 4 members (excludes halogenated alkanes) is 2. The lowest BCUT2D eigenvalue weighted by molar-refractivity contribution is -0.110. The number of anilines is 1. The SMILES string of the molecule is CCCCN(CCCC)S(=O)(=O)c1cc2c(c3c1CCCC3)NC(=O)C2=NO. The summed E-state index contributed by atoms with van der Waals surface area (Å²) in [5.74, 6) is -0.492. The highest BCUT2D eigenvalue weighted by Crippen LogP contribution is 2.39. The molecule has 1 aromatic carbocycles. The zero-order valence-electron chi connectivity index (χ0n) is 16.6. The minimum atomic E-state index is -3.70. The van der Waals surface area contributed by atoms with Crippen LogP contribution in [0.4, 0.5) is 5.69 Å².